The quantitative estimate of drug-likeness (QED) is 0.299. The maximum Gasteiger partial charge on any atom is 0.136 e. The average molecular weight is 193 g/mol. The Bertz CT molecular complexity index is 162. The summed E-state index contributed by atoms with van der Waals surface area (Å²) in [7, 11) is 1.45. The summed E-state index contributed by atoms with van der Waals surface area (Å²) < 4.78 is 0. The molecule has 1 fully saturated rings. The number of likely N-dealkylation sites (N-methyl/N-ethyl adjacent to an activating group) is 1. The molecule has 0 radical (unpaired) electrons. The van der Waals surface area contributed by atoms with Crippen LogP contribution < -0.4 is 0 Å². The number of aliphatic hydroxyl groups is 5. The predicted octanol–water partition coefficient (Wildman–Crippen LogP) is -3.31. The number of rotatable bonds is 1. The molecule has 0 aromatic heterocycles. The fourth-order valence-electron chi connectivity index (χ4n) is 1.52. The number of nitrogens with zero attached hydrogens (tertiary/aromatic N) is 1. The standard InChI is InChI=1S/C7H15NO5/c1-8-3(2-9)4(10)5(11)6(12)7(8)13/h3-7,9-13H,2H2,1H3/t3-,4-,5+,6-,7?/m1/s1. The third-order valence-corrected chi connectivity index (χ3v) is 2.53. The van der Waals surface area contributed by atoms with Crippen LogP contribution in [0, 0.1) is 0 Å². The number of hydrogen-bond acceptors (Lipinski definition) is 6. The third-order valence-electron chi connectivity index (χ3n) is 2.53. The van der Waals surface area contributed by atoms with Crippen molar-refractivity contribution >= 4 is 0 Å². The van der Waals surface area contributed by atoms with Gasteiger partial charge >= 0.3 is 0 Å². The van der Waals surface area contributed by atoms with Crippen molar-refractivity contribution in [2.24, 2.45) is 0 Å². The second-order valence-electron chi connectivity index (χ2n) is 3.30. The van der Waals surface area contributed by atoms with E-state index in [1.807, 2.05) is 0 Å². The predicted molar refractivity (Wildman–Crippen MR) is 42.7 cm³/mol. The molecule has 5 atom stereocenters. The Balaban J connectivity index is 2.79. The number of piperidine rings is 1. The van der Waals surface area contributed by atoms with Crippen molar-refractivity contribution in [2.75, 3.05) is 13.7 Å². The Morgan fingerprint density at radius 3 is 2.00 bits per heavy atom. The van der Waals surface area contributed by atoms with Gasteiger partial charge in [0, 0.05) is 0 Å². The van der Waals surface area contributed by atoms with Crippen LogP contribution in [0.2, 0.25) is 0 Å². The zero-order chi connectivity index (χ0) is 10.2. The molecule has 1 aliphatic heterocycles. The summed E-state index contributed by atoms with van der Waals surface area (Å²) in [6, 6.07) is -0.756. The Morgan fingerprint density at radius 2 is 1.54 bits per heavy atom. The highest BCUT2D eigenvalue weighted by Gasteiger charge is 2.44. The lowest BCUT2D eigenvalue weighted by molar-refractivity contribution is -0.215. The largest absolute Gasteiger partial charge is 0.395 e. The van der Waals surface area contributed by atoms with Crippen molar-refractivity contribution in [3.05, 3.63) is 0 Å². The maximum atomic E-state index is 9.37. The molecule has 78 valence electrons. The van der Waals surface area contributed by atoms with Crippen LogP contribution in [0.15, 0.2) is 0 Å². The fraction of sp³-hybridized carbons (Fsp3) is 1.00. The van der Waals surface area contributed by atoms with Gasteiger partial charge in [-0.15, -0.1) is 0 Å². The lowest BCUT2D eigenvalue weighted by Gasteiger charge is -2.44. The summed E-state index contributed by atoms with van der Waals surface area (Å²) in [4.78, 5) is 1.22. The molecule has 1 saturated heterocycles. The normalized spacial score (nSPS) is 48.0. The minimum absolute atomic E-state index is 0.390. The topological polar surface area (TPSA) is 104 Å². The molecule has 6 heteroatoms. The first-order chi connectivity index (χ1) is 6.00. The number of hydrogen-bond donors (Lipinski definition) is 5. The van der Waals surface area contributed by atoms with E-state index >= 15 is 0 Å². The number of likely N-dealkylation sites (tertiary alicyclic amines) is 1. The first-order valence-corrected chi connectivity index (χ1v) is 4.05. The van der Waals surface area contributed by atoms with Gasteiger partial charge in [0.2, 0.25) is 0 Å². The molecule has 0 bridgehead atoms. The van der Waals surface area contributed by atoms with Gasteiger partial charge in [0.1, 0.15) is 24.5 Å². The van der Waals surface area contributed by atoms with Gasteiger partial charge in [-0.05, 0) is 7.05 Å². The van der Waals surface area contributed by atoms with Gasteiger partial charge in [-0.3, -0.25) is 4.90 Å². The van der Waals surface area contributed by atoms with Crippen LogP contribution in [-0.4, -0.2) is 74.7 Å². The monoisotopic (exact) mass is 193 g/mol. The second-order valence-corrected chi connectivity index (χ2v) is 3.30. The van der Waals surface area contributed by atoms with E-state index in [9.17, 15) is 20.4 Å². The van der Waals surface area contributed by atoms with Gasteiger partial charge in [-0.25, -0.2) is 0 Å². The lowest BCUT2D eigenvalue weighted by Crippen LogP contribution is -2.66. The summed E-state index contributed by atoms with van der Waals surface area (Å²) in [6.07, 6.45) is -5.37. The van der Waals surface area contributed by atoms with Crippen LogP contribution in [0.4, 0.5) is 0 Å². The molecule has 0 aliphatic carbocycles. The van der Waals surface area contributed by atoms with Crippen LogP contribution in [0.3, 0.4) is 0 Å². The minimum Gasteiger partial charge on any atom is -0.395 e. The molecule has 1 rings (SSSR count). The fourth-order valence-corrected chi connectivity index (χ4v) is 1.52. The molecular weight excluding hydrogens is 178 g/mol. The zero-order valence-corrected chi connectivity index (χ0v) is 7.28. The van der Waals surface area contributed by atoms with Gasteiger partial charge in [-0.2, -0.15) is 0 Å². The van der Waals surface area contributed by atoms with E-state index in [1.165, 1.54) is 11.9 Å². The van der Waals surface area contributed by atoms with Crippen molar-refractivity contribution in [3.63, 3.8) is 0 Å². The molecule has 1 aliphatic rings. The summed E-state index contributed by atoms with van der Waals surface area (Å²) in [6.45, 7) is -0.390. The van der Waals surface area contributed by atoms with Crippen LogP contribution in [-0.2, 0) is 0 Å². The molecule has 0 spiro atoms. The van der Waals surface area contributed by atoms with Gasteiger partial charge in [-0.1, -0.05) is 0 Å². The molecule has 0 aromatic rings. The smallest absolute Gasteiger partial charge is 0.136 e. The van der Waals surface area contributed by atoms with Crippen LogP contribution in [0.5, 0.6) is 0 Å². The summed E-state index contributed by atoms with van der Waals surface area (Å²) in [5, 5.41) is 46.0. The van der Waals surface area contributed by atoms with Crippen LogP contribution >= 0.6 is 0 Å². The van der Waals surface area contributed by atoms with Crippen molar-refractivity contribution < 1.29 is 25.5 Å². The van der Waals surface area contributed by atoms with Gasteiger partial charge in [0.25, 0.3) is 0 Å². The summed E-state index contributed by atoms with van der Waals surface area (Å²) >= 11 is 0. The van der Waals surface area contributed by atoms with Gasteiger partial charge < -0.3 is 25.5 Å². The van der Waals surface area contributed by atoms with E-state index < -0.39 is 37.2 Å². The first kappa shape index (κ1) is 10.8. The SMILES string of the molecule is CN1C(O)[C@H](O)[C@@H](O)[C@H](O)[C@H]1CO. The van der Waals surface area contributed by atoms with Crippen molar-refractivity contribution in [2.45, 2.75) is 30.6 Å². The van der Waals surface area contributed by atoms with E-state index in [0.717, 1.165) is 0 Å². The minimum atomic E-state index is -1.43. The summed E-state index contributed by atoms with van der Waals surface area (Å²) in [5.74, 6) is 0. The Hall–Kier alpha value is -0.240. The molecule has 5 N–H and O–H groups in total. The van der Waals surface area contributed by atoms with Crippen molar-refractivity contribution in [1.29, 1.82) is 0 Å². The third kappa shape index (κ3) is 1.69. The van der Waals surface area contributed by atoms with E-state index in [1.54, 1.807) is 0 Å². The highest BCUT2D eigenvalue weighted by molar-refractivity contribution is 4.94. The Labute approximate surface area is 75.7 Å². The first-order valence-electron chi connectivity index (χ1n) is 4.05. The Morgan fingerprint density at radius 1 is 1.00 bits per heavy atom. The molecule has 0 saturated carbocycles. The van der Waals surface area contributed by atoms with Crippen LogP contribution in [0.1, 0.15) is 0 Å². The molecule has 1 unspecified atom stereocenters. The van der Waals surface area contributed by atoms with Crippen molar-refractivity contribution in [3.8, 4) is 0 Å². The molecule has 0 aromatic carbocycles. The van der Waals surface area contributed by atoms with Gasteiger partial charge in [0.15, 0.2) is 0 Å². The molecule has 6 nitrogen and oxygen atoms in total. The summed E-state index contributed by atoms with van der Waals surface area (Å²) in [5.41, 5.74) is 0. The zero-order valence-electron chi connectivity index (χ0n) is 7.28. The van der Waals surface area contributed by atoms with Gasteiger partial charge in [0.05, 0.1) is 12.6 Å². The van der Waals surface area contributed by atoms with E-state index in [4.69, 9.17) is 5.11 Å². The van der Waals surface area contributed by atoms with E-state index in [2.05, 4.69) is 0 Å². The van der Waals surface area contributed by atoms with E-state index in [0.29, 0.717) is 0 Å². The highest BCUT2D eigenvalue weighted by atomic mass is 16.4. The van der Waals surface area contributed by atoms with Crippen molar-refractivity contribution in [1.82, 2.24) is 4.90 Å². The second kappa shape index (κ2) is 3.87. The highest BCUT2D eigenvalue weighted by Crippen LogP contribution is 2.21. The molecular formula is C7H15NO5. The average Bonchev–Trinajstić information content (AvgIpc) is 2.13. The number of aliphatic hydroxyl groups excluding tert-OH is 5. The molecule has 1 heterocycles. The van der Waals surface area contributed by atoms with Crippen LogP contribution in [0.25, 0.3) is 0 Å². The maximum absolute atomic E-state index is 9.37. The molecule has 13 heavy (non-hydrogen) atoms. The Kier molecular flexibility index (Phi) is 3.23. The molecule has 0 amide bonds. The van der Waals surface area contributed by atoms with E-state index in [-0.39, 0.29) is 0 Å². The lowest BCUT2D eigenvalue weighted by atomic mass is 9.93.